The lowest BCUT2D eigenvalue weighted by Crippen LogP contribution is -2.12. The summed E-state index contributed by atoms with van der Waals surface area (Å²) in [5.41, 5.74) is 1.97. The molecule has 1 heterocycles. The standard InChI is InChI=1S/C13H14FNS/c14-12-6-2-1-5-11(12)8-10-4-3-7-13(16)15-9-10/h1-2,5-6,9H,3-4,7-8H2,(H,15,16). The molecule has 0 radical (unpaired) electrons. The zero-order valence-electron chi connectivity index (χ0n) is 9.00. The number of rotatable bonds is 2. The number of hydrogen-bond donors (Lipinski definition) is 1. The average Bonchev–Trinajstić information content (AvgIpc) is 2.47. The molecular weight excluding hydrogens is 221 g/mol. The Hall–Kier alpha value is -1.22. The van der Waals surface area contributed by atoms with Crippen LogP contribution in [-0.2, 0) is 6.42 Å². The van der Waals surface area contributed by atoms with E-state index in [1.54, 1.807) is 6.07 Å². The van der Waals surface area contributed by atoms with Crippen molar-refractivity contribution in [2.45, 2.75) is 25.7 Å². The maximum absolute atomic E-state index is 13.4. The third kappa shape index (κ3) is 2.89. The summed E-state index contributed by atoms with van der Waals surface area (Å²) in [6, 6.07) is 6.92. The van der Waals surface area contributed by atoms with Crippen LogP contribution in [0.4, 0.5) is 4.39 Å². The van der Waals surface area contributed by atoms with Crippen LogP contribution in [0.2, 0.25) is 0 Å². The Balaban J connectivity index is 2.09. The Morgan fingerprint density at radius 1 is 1.25 bits per heavy atom. The quantitative estimate of drug-likeness (QED) is 0.789. The first-order chi connectivity index (χ1) is 7.75. The van der Waals surface area contributed by atoms with Gasteiger partial charge in [0.05, 0.1) is 4.99 Å². The Morgan fingerprint density at radius 2 is 2.06 bits per heavy atom. The molecule has 0 aromatic heterocycles. The second kappa shape index (κ2) is 5.21. The van der Waals surface area contributed by atoms with Gasteiger partial charge in [-0.15, -0.1) is 0 Å². The number of thiocarbonyl (C=S) groups is 1. The highest BCUT2D eigenvalue weighted by Gasteiger charge is 2.08. The minimum Gasteiger partial charge on any atom is -0.356 e. The van der Waals surface area contributed by atoms with Gasteiger partial charge in [-0.1, -0.05) is 30.4 Å². The molecule has 1 aliphatic rings. The molecule has 0 saturated carbocycles. The lowest BCUT2D eigenvalue weighted by Gasteiger charge is -2.05. The van der Waals surface area contributed by atoms with E-state index in [9.17, 15) is 4.39 Å². The molecule has 1 aromatic rings. The van der Waals surface area contributed by atoms with E-state index in [-0.39, 0.29) is 5.82 Å². The molecule has 1 nitrogen and oxygen atoms in total. The van der Waals surface area contributed by atoms with Crippen LogP contribution in [0.1, 0.15) is 24.8 Å². The first-order valence-corrected chi connectivity index (χ1v) is 5.87. The predicted octanol–water partition coefficient (Wildman–Crippen LogP) is 3.35. The Kier molecular flexibility index (Phi) is 3.67. The molecule has 16 heavy (non-hydrogen) atoms. The summed E-state index contributed by atoms with van der Waals surface area (Å²) < 4.78 is 13.4. The molecule has 0 atom stereocenters. The highest BCUT2D eigenvalue weighted by atomic mass is 32.1. The largest absolute Gasteiger partial charge is 0.356 e. The van der Waals surface area contributed by atoms with E-state index >= 15 is 0 Å². The summed E-state index contributed by atoms with van der Waals surface area (Å²) in [6.07, 6.45) is 5.56. The minimum atomic E-state index is -0.129. The molecule has 1 aromatic carbocycles. The number of benzene rings is 1. The predicted molar refractivity (Wildman–Crippen MR) is 67.8 cm³/mol. The number of hydrogen-bond acceptors (Lipinski definition) is 1. The molecule has 1 aliphatic heterocycles. The summed E-state index contributed by atoms with van der Waals surface area (Å²) in [6.45, 7) is 0. The van der Waals surface area contributed by atoms with Crippen LogP contribution in [-0.4, -0.2) is 4.99 Å². The lowest BCUT2D eigenvalue weighted by atomic mass is 10.0. The smallest absolute Gasteiger partial charge is 0.126 e. The Morgan fingerprint density at radius 3 is 2.88 bits per heavy atom. The van der Waals surface area contributed by atoms with Gasteiger partial charge in [0.1, 0.15) is 5.82 Å². The van der Waals surface area contributed by atoms with Gasteiger partial charge in [0.25, 0.3) is 0 Å². The number of nitrogens with one attached hydrogen (secondary N) is 1. The second-order valence-corrected chi connectivity index (χ2v) is 4.48. The number of halogens is 1. The first-order valence-electron chi connectivity index (χ1n) is 5.46. The highest BCUT2D eigenvalue weighted by Crippen LogP contribution is 2.18. The van der Waals surface area contributed by atoms with Gasteiger partial charge >= 0.3 is 0 Å². The van der Waals surface area contributed by atoms with E-state index in [1.807, 2.05) is 18.3 Å². The molecule has 3 heteroatoms. The van der Waals surface area contributed by atoms with E-state index in [1.165, 1.54) is 11.6 Å². The van der Waals surface area contributed by atoms with Crippen molar-refractivity contribution in [2.24, 2.45) is 0 Å². The van der Waals surface area contributed by atoms with Crippen LogP contribution < -0.4 is 5.32 Å². The van der Waals surface area contributed by atoms with Crippen LogP contribution >= 0.6 is 12.2 Å². The summed E-state index contributed by atoms with van der Waals surface area (Å²) in [5, 5.41) is 3.08. The summed E-state index contributed by atoms with van der Waals surface area (Å²) in [4.78, 5) is 0.878. The monoisotopic (exact) mass is 235 g/mol. The molecule has 0 aliphatic carbocycles. The summed E-state index contributed by atoms with van der Waals surface area (Å²) in [7, 11) is 0. The number of allylic oxidation sites excluding steroid dienone is 1. The van der Waals surface area contributed by atoms with Crippen molar-refractivity contribution in [3.05, 3.63) is 47.4 Å². The molecule has 0 unspecified atom stereocenters. The van der Waals surface area contributed by atoms with Crippen LogP contribution in [0.3, 0.4) is 0 Å². The fourth-order valence-corrected chi connectivity index (χ4v) is 2.03. The molecule has 1 N–H and O–H groups in total. The molecule has 0 fully saturated rings. The van der Waals surface area contributed by atoms with Crippen LogP contribution in [0.25, 0.3) is 0 Å². The Labute approximate surface area is 100 Å². The van der Waals surface area contributed by atoms with E-state index < -0.39 is 0 Å². The molecule has 0 spiro atoms. The van der Waals surface area contributed by atoms with Crippen LogP contribution in [0.15, 0.2) is 36.0 Å². The van der Waals surface area contributed by atoms with Crippen LogP contribution in [0, 0.1) is 5.82 Å². The van der Waals surface area contributed by atoms with Gasteiger partial charge in [0, 0.05) is 6.20 Å². The van der Waals surface area contributed by atoms with E-state index in [0.717, 1.165) is 29.8 Å². The normalized spacial score (nSPS) is 16.3. The molecule has 0 amide bonds. The fourth-order valence-electron chi connectivity index (χ4n) is 1.83. The van der Waals surface area contributed by atoms with E-state index in [0.29, 0.717) is 6.42 Å². The maximum atomic E-state index is 13.4. The lowest BCUT2D eigenvalue weighted by molar-refractivity contribution is 0.612. The van der Waals surface area contributed by atoms with Gasteiger partial charge in [-0.2, -0.15) is 0 Å². The summed E-state index contributed by atoms with van der Waals surface area (Å²) >= 11 is 5.11. The topological polar surface area (TPSA) is 12.0 Å². The van der Waals surface area contributed by atoms with E-state index in [2.05, 4.69) is 5.32 Å². The van der Waals surface area contributed by atoms with Gasteiger partial charge in [-0.3, -0.25) is 0 Å². The van der Waals surface area contributed by atoms with Crippen molar-refractivity contribution in [1.82, 2.24) is 5.32 Å². The van der Waals surface area contributed by atoms with Crippen molar-refractivity contribution < 1.29 is 4.39 Å². The first kappa shape index (κ1) is 11.3. The third-order valence-corrected chi connectivity index (χ3v) is 3.04. The fraction of sp³-hybridized carbons (Fsp3) is 0.308. The van der Waals surface area contributed by atoms with Gasteiger partial charge < -0.3 is 5.32 Å². The second-order valence-electron chi connectivity index (χ2n) is 3.99. The van der Waals surface area contributed by atoms with Crippen molar-refractivity contribution in [3.63, 3.8) is 0 Å². The van der Waals surface area contributed by atoms with Crippen molar-refractivity contribution >= 4 is 17.2 Å². The molecule has 0 saturated heterocycles. The maximum Gasteiger partial charge on any atom is 0.126 e. The SMILES string of the molecule is Fc1ccccc1CC1=CNC(=S)CCC1. The molecule has 84 valence electrons. The van der Waals surface area contributed by atoms with Crippen molar-refractivity contribution in [1.29, 1.82) is 0 Å². The zero-order valence-corrected chi connectivity index (χ0v) is 9.82. The van der Waals surface area contributed by atoms with Gasteiger partial charge in [0.2, 0.25) is 0 Å². The zero-order chi connectivity index (χ0) is 11.4. The van der Waals surface area contributed by atoms with Crippen molar-refractivity contribution in [2.75, 3.05) is 0 Å². The van der Waals surface area contributed by atoms with Gasteiger partial charge in [-0.25, -0.2) is 4.39 Å². The molecule has 0 bridgehead atoms. The van der Waals surface area contributed by atoms with Crippen molar-refractivity contribution in [3.8, 4) is 0 Å². The van der Waals surface area contributed by atoms with Gasteiger partial charge in [0.15, 0.2) is 0 Å². The minimum absolute atomic E-state index is 0.129. The van der Waals surface area contributed by atoms with E-state index in [4.69, 9.17) is 12.2 Å². The highest BCUT2D eigenvalue weighted by molar-refractivity contribution is 7.80. The third-order valence-electron chi connectivity index (χ3n) is 2.71. The molecular formula is C13H14FNS. The Bertz CT molecular complexity index is 426. The summed E-state index contributed by atoms with van der Waals surface area (Å²) in [5.74, 6) is -0.129. The average molecular weight is 235 g/mol. The van der Waals surface area contributed by atoms with Gasteiger partial charge in [-0.05, 0) is 42.9 Å². The van der Waals surface area contributed by atoms with Crippen LogP contribution in [0.5, 0.6) is 0 Å². The molecule has 2 rings (SSSR count).